The first-order valence-corrected chi connectivity index (χ1v) is 10.3. The van der Waals surface area contributed by atoms with E-state index in [9.17, 15) is 18.0 Å². The van der Waals surface area contributed by atoms with Crippen LogP contribution in [0.2, 0.25) is 5.02 Å². The van der Waals surface area contributed by atoms with Crippen LogP contribution in [0.25, 0.3) is 11.0 Å². The summed E-state index contributed by atoms with van der Waals surface area (Å²) in [5.74, 6) is 0.682. The maximum atomic E-state index is 13.0. The van der Waals surface area contributed by atoms with Crippen molar-refractivity contribution >= 4 is 34.4 Å². The smallest absolute Gasteiger partial charge is 0.352 e. The van der Waals surface area contributed by atoms with Crippen molar-refractivity contribution in [1.29, 1.82) is 0 Å². The molecule has 6 nitrogen and oxygen atoms in total. The molecule has 1 amide bonds. The molecule has 1 saturated heterocycles. The molecule has 2 aromatic heterocycles. The number of hydrogen-bond acceptors (Lipinski definition) is 4. The number of nitrogens with zero attached hydrogens (tertiary/aromatic N) is 4. The molecular weight excluding hydrogens is 431 g/mol. The number of amides is 1. The minimum absolute atomic E-state index is 0.0654. The number of H-pyrrole nitrogens is 1. The molecule has 0 unspecified atom stereocenters. The van der Waals surface area contributed by atoms with Gasteiger partial charge in [0.1, 0.15) is 17.8 Å². The summed E-state index contributed by atoms with van der Waals surface area (Å²) in [5.41, 5.74) is 0.269. The number of carbonyl (C=O) groups excluding carboxylic acids is 1. The lowest BCUT2D eigenvalue weighted by atomic mass is 10.0. The molecule has 3 aromatic rings. The van der Waals surface area contributed by atoms with Crippen LogP contribution in [0.15, 0.2) is 36.8 Å². The fraction of sp³-hybridized carbons (Fsp3) is 0.381. The summed E-state index contributed by atoms with van der Waals surface area (Å²) in [6, 6.07) is 4.80. The van der Waals surface area contributed by atoms with Gasteiger partial charge in [-0.1, -0.05) is 23.7 Å². The van der Waals surface area contributed by atoms with Crippen LogP contribution in [-0.4, -0.2) is 50.9 Å². The fourth-order valence-electron chi connectivity index (χ4n) is 4.35. The number of rotatable bonds is 3. The Morgan fingerprint density at radius 1 is 1.16 bits per heavy atom. The molecule has 162 valence electrons. The number of carbonyl (C=O) groups is 1. The second-order valence-corrected chi connectivity index (χ2v) is 8.53. The van der Waals surface area contributed by atoms with Gasteiger partial charge >= 0.3 is 6.18 Å². The van der Waals surface area contributed by atoms with Crippen molar-refractivity contribution in [2.75, 3.05) is 24.5 Å². The molecule has 3 heterocycles. The van der Waals surface area contributed by atoms with Crippen LogP contribution in [0.3, 0.4) is 0 Å². The topological polar surface area (TPSA) is 65.1 Å². The van der Waals surface area contributed by atoms with Crippen molar-refractivity contribution in [2.24, 2.45) is 0 Å². The van der Waals surface area contributed by atoms with Crippen LogP contribution in [0, 0.1) is 0 Å². The zero-order chi connectivity index (χ0) is 21.8. The number of aromatic amines is 1. The molecule has 1 aliphatic carbocycles. The van der Waals surface area contributed by atoms with Gasteiger partial charge in [0.2, 0.25) is 5.91 Å². The SMILES string of the molecule is O=C(Cc1ccc(C(F)(F)F)cc1)N1CCN(c2ncnc3[nH]cc(Cl)c23)CC12CC2. The van der Waals surface area contributed by atoms with Gasteiger partial charge in [0.25, 0.3) is 0 Å². The first-order valence-electron chi connectivity index (χ1n) is 9.96. The Morgan fingerprint density at radius 3 is 2.58 bits per heavy atom. The first kappa shape index (κ1) is 20.1. The number of benzene rings is 1. The van der Waals surface area contributed by atoms with Crippen LogP contribution >= 0.6 is 11.6 Å². The van der Waals surface area contributed by atoms with Gasteiger partial charge in [0.05, 0.1) is 27.9 Å². The number of aromatic nitrogens is 3. The number of fused-ring (bicyclic) bond motifs is 1. The molecule has 0 bridgehead atoms. The molecular formula is C21H19ClF3N5O. The number of piperazine rings is 1. The van der Waals surface area contributed by atoms with Gasteiger partial charge in [0, 0.05) is 25.8 Å². The molecule has 1 aliphatic heterocycles. The highest BCUT2D eigenvalue weighted by Crippen LogP contribution is 2.46. The van der Waals surface area contributed by atoms with Crippen molar-refractivity contribution in [3.05, 3.63) is 52.9 Å². The third-order valence-corrected chi connectivity index (χ3v) is 6.42. The van der Waals surface area contributed by atoms with Gasteiger partial charge < -0.3 is 14.8 Å². The summed E-state index contributed by atoms with van der Waals surface area (Å²) in [5, 5.41) is 1.32. The predicted octanol–water partition coefficient (Wildman–Crippen LogP) is 4.05. The molecule has 31 heavy (non-hydrogen) atoms. The molecule has 5 rings (SSSR count). The number of halogens is 4. The largest absolute Gasteiger partial charge is 0.416 e. The minimum atomic E-state index is -4.38. The van der Waals surface area contributed by atoms with E-state index in [2.05, 4.69) is 19.9 Å². The summed E-state index contributed by atoms with van der Waals surface area (Å²) in [6.45, 7) is 1.75. The lowest BCUT2D eigenvalue weighted by molar-refractivity contribution is -0.137. The average Bonchev–Trinajstić information content (AvgIpc) is 3.39. The molecule has 0 radical (unpaired) electrons. The van der Waals surface area contributed by atoms with Crippen molar-refractivity contribution < 1.29 is 18.0 Å². The maximum Gasteiger partial charge on any atom is 0.416 e. The Labute approximate surface area is 181 Å². The lowest BCUT2D eigenvalue weighted by Crippen LogP contribution is -2.57. The Morgan fingerprint density at radius 2 is 1.90 bits per heavy atom. The van der Waals surface area contributed by atoms with Crippen LogP contribution in [0.5, 0.6) is 0 Å². The highest BCUT2D eigenvalue weighted by molar-refractivity contribution is 6.36. The third kappa shape index (κ3) is 3.60. The van der Waals surface area contributed by atoms with E-state index in [-0.39, 0.29) is 17.9 Å². The molecule has 1 N–H and O–H groups in total. The number of anilines is 1. The van der Waals surface area contributed by atoms with Gasteiger partial charge in [-0.3, -0.25) is 4.79 Å². The summed E-state index contributed by atoms with van der Waals surface area (Å²) < 4.78 is 38.3. The number of hydrogen-bond donors (Lipinski definition) is 1. The lowest BCUT2D eigenvalue weighted by Gasteiger charge is -2.43. The normalized spacial score (nSPS) is 18.1. The van der Waals surface area contributed by atoms with Gasteiger partial charge in [-0.2, -0.15) is 13.2 Å². The van der Waals surface area contributed by atoms with E-state index in [0.717, 1.165) is 36.2 Å². The molecule has 1 spiro atoms. The van der Waals surface area contributed by atoms with Gasteiger partial charge in [0.15, 0.2) is 0 Å². The standard InChI is InChI=1S/C21H19ClF3N5O/c22-15-10-26-18-17(15)19(28-12-27-18)29-7-8-30(20(11-29)5-6-20)16(31)9-13-1-3-14(4-2-13)21(23,24)25/h1-4,10,12H,5-9,11H2,(H,26,27,28). The molecule has 1 saturated carbocycles. The van der Waals surface area contributed by atoms with Gasteiger partial charge in [-0.15, -0.1) is 0 Å². The Balaban J connectivity index is 1.32. The predicted molar refractivity (Wildman–Crippen MR) is 110 cm³/mol. The van der Waals surface area contributed by atoms with E-state index in [4.69, 9.17) is 11.6 Å². The molecule has 1 aromatic carbocycles. The van der Waals surface area contributed by atoms with Crippen molar-refractivity contribution in [3.8, 4) is 0 Å². The van der Waals surface area contributed by atoms with Crippen molar-refractivity contribution in [2.45, 2.75) is 31.0 Å². The van der Waals surface area contributed by atoms with E-state index in [1.54, 1.807) is 6.20 Å². The fourth-order valence-corrected chi connectivity index (χ4v) is 4.58. The summed E-state index contributed by atoms with van der Waals surface area (Å²) in [6.07, 6.45) is 0.648. The van der Waals surface area contributed by atoms with Gasteiger partial charge in [-0.25, -0.2) is 9.97 Å². The van der Waals surface area contributed by atoms with Crippen LogP contribution < -0.4 is 4.90 Å². The Kier molecular flexibility index (Phi) is 4.62. The van der Waals surface area contributed by atoms with Crippen LogP contribution in [0.1, 0.15) is 24.0 Å². The summed E-state index contributed by atoms with van der Waals surface area (Å²) >= 11 is 6.32. The van der Waals surface area contributed by atoms with E-state index in [1.807, 2.05) is 4.90 Å². The molecule has 10 heteroatoms. The minimum Gasteiger partial charge on any atom is -0.352 e. The molecule has 2 aliphatic rings. The molecule has 2 fully saturated rings. The third-order valence-electron chi connectivity index (χ3n) is 6.12. The Bertz CT molecular complexity index is 1140. The van der Waals surface area contributed by atoms with Crippen LogP contribution in [-0.2, 0) is 17.4 Å². The second kappa shape index (κ2) is 7.12. The van der Waals surface area contributed by atoms with Crippen LogP contribution in [0.4, 0.5) is 19.0 Å². The number of nitrogens with one attached hydrogen (secondary N) is 1. The first-order chi connectivity index (χ1) is 14.8. The quantitative estimate of drug-likeness (QED) is 0.655. The Hall–Kier alpha value is -2.81. The van der Waals surface area contributed by atoms with E-state index < -0.39 is 11.7 Å². The average molecular weight is 450 g/mol. The summed E-state index contributed by atoms with van der Waals surface area (Å²) in [4.78, 5) is 28.7. The van der Waals surface area contributed by atoms with Crippen molar-refractivity contribution in [1.82, 2.24) is 19.9 Å². The highest BCUT2D eigenvalue weighted by Gasteiger charge is 2.53. The number of alkyl halides is 3. The van der Waals surface area contributed by atoms with E-state index in [0.29, 0.717) is 35.9 Å². The zero-order valence-corrected chi connectivity index (χ0v) is 17.2. The van der Waals surface area contributed by atoms with Crippen molar-refractivity contribution in [3.63, 3.8) is 0 Å². The second-order valence-electron chi connectivity index (χ2n) is 8.12. The zero-order valence-electron chi connectivity index (χ0n) is 16.4. The van der Waals surface area contributed by atoms with Gasteiger partial charge in [-0.05, 0) is 30.5 Å². The maximum absolute atomic E-state index is 13.0. The monoisotopic (exact) mass is 449 g/mol. The highest BCUT2D eigenvalue weighted by atomic mass is 35.5. The summed E-state index contributed by atoms with van der Waals surface area (Å²) in [7, 11) is 0. The van der Waals surface area contributed by atoms with E-state index >= 15 is 0 Å². The molecule has 0 atom stereocenters. The van der Waals surface area contributed by atoms with E-state index in [1.165, 1.54) is 18.5 Å².